The molecule has 104 valence electrons. The van der Waals surface area contributed by atoms with Crippen LogP contribution in [0.5, 0.6) is 0 Å². The van der Waals surface area contributed by atoms with Gasteiger partial charge in [-0.25, -0.2) is 4.98 Å². The molecule has 0 saturated heterocycles. The number of hydrogen-bond donors (Lipinski definition) is 1. The number of imidazole rings is 1. The van der Waals surface area contributed by atoms with Crippen LogP contribution in [0.4, 0.5) is 0 Å². The van der Waals surface area contributed by atoms with Crippen molar-refractivity contribution in [3.63, 3.8) is 0 Å². The van der Waals surface area contributed by atoms with Crippen molar-refractivity contribution in [2.24, 2.45) is 0 Å². The van der Waals surface area contributed by atoms with E-state index in [0.717, 1.165) is 25.2 Å². The molecular formula is C16H19N3O. The van der Waals surface area contributed by atoms with Gasteiger partial charge in [-0.3, -0.25) is 0 Å². The molecule has 0 aliphatic heterocycles. The van der Waals surface area contributed by atoms with E-state index in [0.29, 0.717) is 0 Å². The van der Waals surface area contributed by atoms with Crippen molar-refractivity contribution in [3.05, 3.63) is 54.1 Å². The molecule has 2 rings (SSSR count). The zero-order valence-corrected chi connectivity index (χ0v) is 11.7. The highest BCUT2D eigenvalue weighted by Crippen LogP contribution is 2.06. The molecule has 1 heterocycles. The summed E-state index contributed by atoms with van der Waals surface area (Å²) < 4.78 is 2.07. The van der Waals surface area contributed by atoms with E-state index in [4.69, 9.17) is 5.11 Å². The van der Waals surface area contributed by atoms with Gasteiger partial charge in [-0.1, -0.05) is 24.0 Å². The lowest BCUT2D eigenvalue weighted by molar-refractivity contribution is 0.311. The lowest BCUT2D eigenvalue weighted by atomic mass is 10.1. The number of nitrogens with zero attached hydrogens (tertiary/aromatic N) is 3. The van der Waals surface area contributed by atoms with Crippen molar-refractivity contribution in [3.8, 4) is 11.8 Å². The van der Waals surface area contributed by atoms with E-state index in [1.165, 1.54) is 5.56 Å². The smallest absolute Gasteiger partial charge is 0.104 e. The molecule has 0 aliphatic carbocycles. The summed E-state index contributed by atoms with van der Waals surface area (Å²) in [6, 6.07) is 8.13. The molecule has 0 bridgehead atoms. The molecule has 1 aromatic heterocycles. The molecule has 4 heteroatoms. The summed E-state index contributed by atoms with van der Waals surface area (Å²) in [5.74, 6) is 5.54. The van der Waals surface area contributed by atoms with Crippen molar-refractivity contribution in [1.82, 2.24) is 14.5 Å². The van der Waals surface area contributed by atoms with Gasteiger partial charge in [-0.2, -0.15) is 0 Å². The van der Waals surface area contributed by atoms with Crippen LogP contribution < -0.4 is 0 Å². The Morgan fingerprint density at radius 1 is 1.30 bits per heavy atom. The van der Waals surface area contributed by atoms with Crippen LogP contribution in [-0.4, -0.2) is 39.8 Å². The van der Waals surface area contributed by atoms with E-state index < -0.39 is 0 Å². The number of rotatable bonds is 5. The SMILES string of the molecule is CN(CCn1ccnc1)Cc1ccc(C#CCO)cc1. The fourth-order valence-corrected chi connectivity index (χ4v) is 1.93. The highest BCUT2D eigenvalue weighted by atomic mass is 16.2. The van der Waals surface area contributed by atoms with Crippen LogP contribution in [-0.2, 0) is 13.1 Å². The third kappa shape index (κ3) is 4.54. The Hall–Kier alpha value is -2.09. The Kier molecular flexibility index (Phi) is 5.36. The first kappa shape index (κ1) is 14.3. The highest BCUT2D eigenvalue weighted by Gasteiger charge is 2.00. The van der Waals surface area contributed by atoms with Crippen molar-refractivity contribution in [2.45, 2.75) is 13.1 Å². The summed E-state index contributed by atoms with van der Waals surface area (Å²) in [5.41, 5.74) is 2.19. The molecule has 0 aliphatic rings. The first-order valence-corrected chi connectivity index (χ1v) is 6.61. The average Bonchev–Trinajstić information content (AvgIpc) is 2.98. The predicted octanol–water partition coefficient (Wildman–Crippen LogP) is 1.36. The Bertz CT molecular complexity index is 564. The molecule has 0 fully saturated rings. The van der Waals surface area contributed by atoms with Crippen LogP contribution in [0.1, 0.15) is 11.1 Å². The van der Waals surface area contributed by atoms with E-state index in [-0.39, 0.29) is 6.61 Å². The number of likely N-dealkylation sites (N-methyl/N-ethyl adjacent to an activating group) is 1. The summed E-state index contributed by atoms with van der Waals surface area (Å²) in [7, 11) is 2.11. The van der Waals surface area contributed by atoms with Crippen LogP contribution in [0.25, 0.3) is 0 Å². The zero-order chi connectivity index (χ0) is 14.2. The van der Waals surface area contributed by atoms with Gasteiger partial charge in [0.05, 0.1) is 6.33 Å². The lowest BCUT2D eigenvalue weighted by Crippen LogP contribution is -2.22. The van der Waals surface area contributed by atoms with Gasteiger partial charge in [-0.05, 0) is 24.7 Å². The monoisotopic (exact) mass is 269 g/mol. The molecule has 0 atom stereocenters. The van der Waals surface area contributed by atoms with Crippen LogP contribution in [0.3, 0.4) is 0 Å². The maximum Gasteiger partial charge on any atom is 0.104 e. The molecule has 2 aromatic rings. The van der Waals surface area contributed by atoms with Gasteiger partial charge in [0, 0.05) is 37.6 Å². The second kappa shape index (κ2) is 7.49. The molecule has 0 unspecified atom stereocenters. The van der Waals surface area contributed by atoms with E-state index in [2.05, 4.69) is 45.5 Å². The normalized spacial score (nSPS) is 10.3. The summed E-state index contributed by atoms with van der Waals surface area (Å²) in [5, 5.41) is 8.65. The number of benzene rings is 1. The number of aromatic nitrogens is 2. The fraction of sp³-hybridized carbons (Fsp3) is 0.312. The Balaban J connectivity index is 1.83. The first-order chi connectivity index (χ1) is 9.78. The largest absolute Gasteiger partial charge is 0.384 e. The molecule has 0 radical (unpaired) electrons. The average molecular weight is 269 g/mol. The summed E-state index contributed by atoms with van der Waals surface area (Å²) in [6.07, 6.45) is 5.61. The quantitative estimate of drug-likeness (QED) is 0.833. The van der Waals surface area contributed by atoms with Crippen molar-refractivity contribution in [2.75, 3.05) is 20.2 Å². The molecule has 0 amide bonds. The Labute approximate surface area is 119 Å². The fourth-order valence-electron chi connectivity index (χ4n) is 1.93. The topological polar surface area (TPSA) is 41.3 Å². The van der Waals surface area contributed by atoms with Gasteiger partial charge in [0.15, 0.2) is 0 Å². The zero-order valence-electron chi connectivity index (χ0n) is 11.7. The second-order valence-corrected chi connectivity index (χ2v) is 4.70. The van der Waals surface area contributed by atoms with Crippen molar-refractivity contribution >= 4 is 0 Å². The van der Waals surface area contributed by atoms with Crippen LogP contribution in [0, 0.1) is 11.8 Å². The highest BCUT2D eigenvalue weighted by molar-refractivity contribution is 5.36. The maximum absolute atomic E-state index is 8.65. The van der Waals surface area contributed by atoms with E-state index in [1.807, 2.05) is 24.7 Å². The first-order valence-electron chi connectivity index (χ1n) is 6.61. The Morgan fingerprint density at radius 3 is 2.75 bits per heavy atom. The number of aliphatic hydroxyl groups excluding tert-OH is 1. The van der Waals surface area contributed by atoms with Gasteiger partial charge >= 0.3 is 0 Å². The molecule has 0 spiro atoms. The molecule has 20 heavy (non-hydrogen) atoms. The van der Waals surface area contributed by atoms with Gasteiger partial charge in [0.2, 0.25) is 0 Å². The van der Waals surface area contributed by atoms with Crippen LogP contribution in [0.2, 0.25) is 0 Å². The number of aliphatic hydroxyl groups is 1. The minimum absolute atomic E-state index is 0.0985. The molecule has 4 nitrogen and oxygen atoms in total. The van der Waals surface area contributed by atoms with Gasteiger partial charge in [0.1, 0.15) is 6.61 Å². The van der Waals surface area contributed by atoms with Gasteiger partial charge in [-0.15, -0.1) is 0 Å². The van der Waals surface area contributed by atoms with E-state index in [1.54, 1.807) is 6.20 Å². The number of hydrogen-bond acceptors (Lipinski definition) is 3. The Morgan fingerprint density at radius 2 is 2.10 bits per heavy atom. The molecule has 0 saturated carbocycles. The second-order valence-electron chi connectivity index (χ2n) is 4.70. The van der Waals surface area contributed by atoms with E-state index in [9.17, 15) is 0 Å². The summed E-state index contributed by atoms with van der Waals surface area (Å²) in [4.78, 5) is 6.30. The van der Waals surface area contributed by atoms with E-state index >= 15 is 0 Å². The molecule has 1 aromatic carbocycles. The van der Waals surface area contributed by atoms with Crippen molar-refractivity contribution in [1.29, 1.82) is 0 Å². The summed E-state index contributed by atoms with van der Waals surface area (Å²) >= 11 is 0. The lowest BCUT2D eigenvalue weighted by Gasteiger charge is -2.16. The predicted molar refractivity (Wildman–Crippen MR) is 79.0 cm³/mol. The van der Waals surface area contributed by atoms with Gasteiger partial charge in [0.25, 0.3) is 0 Å². The van der Waals surface area contributed by atoms with Crippen LogP contribution >= 0.6 is 0 Å². The molecular weight excluding hydrogens is 250 g/mol. The summed E-state index contributed by atoms with van der Waals surface area (Å²) in [6.45, 7) is 2.72. The third-order valence-corrected chi connectivity index (χ3v) is 3.02. The van der Waals surface area contributed by atoms with Crippen LogP contribution in [0.15, 0.2) is 43.0 Å². The maximum atomic E-state index is 8.65. The van der Waals surface area contributed by atoms with Gasteiger partial charge < -0.3 is 14.6 Å². The third-order valence-electron chi connectivity index (χ3n) is 3.02. The standard InChI is InChI=1S/C16H19N3O/c1-18(10-11-19-9-8-17-14-19)13-16-6-4-15(5-7-16)3-2-12-20/h4-9,14,20H,10-13H2,1H3. The minimum atomic E-state index is -0.0985. The minimum Gasteiger partial charge on any atom is -0.384 e. The molecule has 1 N–H and O–H groups in total. The van der Waals surface area contributed by atoms with Crippen molar-refractivity contribution < 1.29 is 5.11 Å².